The second kappa shape index (κ2) is 8.99. The number of esters is 1. The highest BCUT2D eigenvalue weighted by Crippen LogP contribution is 2.44. The minimum Gasteiger partial charge on any atom is -0.465 e. The Kier molecular flexibility index (Phi) is 6.27. The number of furan rings is 1. The SMILES string of the molecule is COC(=O)c1ccc(-c2ccc(C=Nc3sc4c(c3C#N)CC[C@H](C(C)(C)C)C4)o2)c(C)c1. The number of fused-ring (bicyclic) bond motifs is 1. The van der Waals surface area contributed by atoms with E-state index in [-0.39, 0.29) is 11.4 Å². The summed E-state index contributed by atoms with van der Waals surface area (Å²) in [4.78, 5) is 17.7. The van der Waals surface area contributed by atoms with E-state index in [1.807, 2.05) is 25.1 Å². The third-order valence-electron chi connectivity index (χ3n) is 6.43. The highest BCUT2D eigenvalue weighted by molar-refractivity contribution is 7.16. The van der Waals surface area contributed by atoms with Crippen LogP contribution in [0, 0.1) is 29.6 Å². The number of hydrogen-bond acceptors (Lipinski definition) is 6. The van der Waals surface area contributed by atoms with Crippen LogP contribution in [0.15, 0.2) is 39.7 Å². The van der Waals surface area contributed by atoms with Crippen LogP contribution in [0.3, 0.4) is 0 Å². The number of carbonyl (C=O) groups excluding carboxylic acids is 1. The van der Waals surface area contributed by atoms with Gasteiger partial charge in [-0.3, -0.25) is 0 Å². The number of nitrogens with zero attached hydrogens (tertiary/aromatic N) is 2. The number of methoxy groups -OCH3 is 1. The van der Waals surface area contributed by atoms with Crippen LogP contribution >= 0.6 is 11.3 Å². The summed E-state index contributed by atoms with van der Waals surface area (Å²) >= 11 is 1.63. The van der Waals surface area contributed by atoms with Crippen molar-refractivity contribution in [3.05, 3.63) is 63.2 Å². The van der Waals surface area contributed by atoms with Crippen LogP contribution in [-0.2, 0) is 17.6 Å². The predicted octanol–water partition coefficient (Wildman–Crippen LogP) is 6.88. The first kappa shape index (κ1) is 23.0. The Morgan fingerprint density at radius 3 is 2.76 bits per heavy atom. The number of benzene rings is 1. The van der Waals surface area contributed by atoms with Gasteiger partial charge in [-0.25, -0.2) is 9.79 Å². The average molecular weight is 461 g/mol. The lowest BCUT2D eigenvalue weighted by atomic mass is 9.72. The number of rotatable bonds is 4. The maximum atomic E-state index is 11.7. The molecule has 6 heteroatoms. The van der Waals surface area contributed by atoms with Gasteiger partial charge in [0.2, 0.25) is 0 Å². The summed E-state index contributed by atoms with van der Waals surface area (Å²) in [6.45, 7) is 8.80. The molecule has 0 aliphatic heterocycles. The molecule has 0 bridgehead atoms. The van der Waals surface area contributed by atoms with E-state index in [4.69, 9.17) is 9.15 Å². The summed E-state index contributed by atoms with van der Waals surface area (Å²) in [5, 5.41) is 10.5. The quantitative estimate of drug-likeness (QED) is 0.314. The number of ether oxygens (including phenoxy) is 1. The molecule has 1 aliphatic carbocycles. The molecule has 0 saturated carbocycles. The van der Waals surface area contributed by atoms with Gasteiger partial charge in [0.15, 0.2) is 0 Å². The summed E-state index contributed by atoms with van der Waals surface area (Å²) in [5.74, 6) is 1.57. The molecule has 0 amide bonds. The van der Waals surface area contributed by atoms with E-state index in [2.05, 4.69) is 31.8 Å². The third-order valence-corrected chi connectivity index (χ3v) is 7.59. The Bertz CT molecular complexity index is 1270. The fourth-order valence-electron chi connectivity index (χ4n) is 4.39. The zero-order valence-electron chi connectivity index (χ0n) is 19.7. The summed E-state index contributed by atoms with van der Waals surface area (Å²) in [5.41, 5.74) is 4.47. The van der Waals surface area contributed by atoms with Gasteiger partial charge in [-0.1, -0.05) is 26.8 Å². The molecule has 2 aromatic heterocycles. The zero-order valence-corrected chi connectivity index (χ0v) is 20.5. The molecular weight excluding hydrogens is 432 g/mol. The lowest BCUT2D eigenvalue weighted by Gasteiger charge is -2.33. The first-order chi connectivity index (χ1) is 15.7. The van der Waals surface area contributed by atoms with Gasteiger partial charge in [-0.2, -0.15) is 5.26 Å². The van der Waals surface area contributed by atoms with Crippen LogP contribution in [0.4, 0.5) is 5.00 Å². The van der Waals surface area contributed by atoms with Gasteiger partial charge in [-0.05, 0) is 72.9 Å². The number of nitriles is 1. The minimum atomic E-state index is -0.363. The van der Waals surface area contributed by atoms with E-state index in [9.17, 15) is 10.1 Å². The minimum absolute atomic E-state index is 0.260. The first-order valence-electron chi connectivity index (χ1n) is 11.1. The molecular formula is C27H28N2O3S. The van der Waals surface area contributed by atoms with E-state index in [0.29, 0.717) is 28.6 Å². The molecule has 0 spiro atoms. The van der Waals surface area contributed by atoms with Crippen molar-refractivity contribution in [2.24, 2.45) is 16.3 Å². The number of carbonyl (C=O) groups is 1. The van der Waals surface area contributed by atoms with Crippen molar-refractivity contribution >= 4 is 28.5 Å². The second-order valence-corrected chi connectivity index (χ2v) is 10.7. The largest absolute Gasteiger partial charge is 0.465 e. The number of hydrogen-bond donors (Lipinski definition) is 0. The molecule has 0 N–H and O–H groups in total. The van der Waals surface area contributed by atoms with Crippen LogP contribution in [0.1, 0.15) is 64.9 Å². The zero-order chi connectivity index (χ0) is 23.8. The van der Waals surface area contributed by atoms with Crippen LogP contribution in [0.2, 0.25) is 0 Å². The van der Waals surface area contributed by atoms with Crippen molar-refractivity contribution in [1.82, 2.24) is 0 Å². The van der Waals surface area contributed by atoms with Gasteiger partial charge < -0.3 is 9.15 Å². The summed E-state index contributed by atoms with van der Waals surface area (Å²) in [6, 6.07) is 11.5. The molecule has 2 heterocycles. The first-order valence-corrected chi connectivity index (χ1v) is 11.9. The Hall–Kier alpha value is -3.17. The van der Waals surface area contributed by atoms with Crippen molar-refractivity contribution in [3.8, 4) is 17.4 Å². The molecule has 1 aliphatic rings. The van der Waals surface area contributed by atoms with Gasteiger partial charge in [-0.15, -0.1) is 11.3 Å². The molecule has 3 aromatic rings. The van der Waals surface area contributed by atoms with Gasteiger partial charge in [0.25, 0.3) is 0 Å². The summed E-state index contributed by atoms with van der Waals surface area (Å²) in [6.07, 6.45) is 4.75. The highest BCUT2D eigenvalue weighted by atomic mass is 32.1. The second-order valence-electron chi connectivity index (χ2n) is 9.58. The van der Waals surface area contributed by atoms with Crippen molar-refractivity contribution < 1.29 is 13.9 Å². The lowest BCUT2D eigenvalue weighted by molar-refractivity contribution is 0.0600. The molecule has 1 atom stereocenters. The molecule has 4 rings (SSSR count). The van der Waals surface area contributed by atoms with Crippen molar-refractivity contribution in [2.75, 3.05) is 7.11 Å². The number of aliphatic imine (C=N–C) groups is 1. The fraction of sp³-hybridized carbons (Fsp3) is 0.370. The Labute approximate surface area is 198 Å². The van der Waals surface area contributed by atoms with Gasteiger partial charge in [0.05, 0.1) is 24.5 Å². The molecule has 170 valence electrons. The third kappa shape index (κ3) is 4.65. The normalized spacial score (nSPS) is 15.9. The van der Waals surface area contributed by atoms with Crippen LogP contribution in [0.5, 0.6) is 0 Å². The summed E-state index contributed by atoms with van der Waals surface area (Å²) < 4.78 is 10.8. The monoisotopic (exact) mass is 460 g/mol. The van der Waals surface area contributed by atoms with E-state index in [1.165, 1.54) is 17.6 Å². The van der Waals surface area contributed by atoms with Gasteiger partial charge >= 0.3 is 5.97 Å². The smallest absolute Gasteiger partial charge is 0.337 e. The molecule has 5 nitrogen and oxygen atoms in total. The molecule has 0 unspecified atom stereocenters. The van der Waals surface area contributed by atoms with E-state index in [0.717, 1.165) is 35.4 Å². The average Bonchev–Trinajstić information content (AvgIpc) is 3.39. The Morgan fingerprint density at radius 1 is 1.30 bits per heavy atom. The fourth-order valence-corrected chi connectivity index (χ4v) is 5.61. The van der Waals surface area contributed by atoms with Crippen LogP contribution in [-0.4, -0.2) is 19.3 Å². The molecule has 1 aromatic carbocycles. The Morgan fingerprint density at radius 2 is 2.09 bits per heavy atom. The van der Waals surface area contributed by atoms with Crippen molar-refractivity contribution in [3.63, 3.8) is 0 Å². The van der Waals surface area contributed by atoms with Crippen molar-refractivity contribution in [2.45, 2.75) is 47.0 Å². The van der Waals surface area contributed by atoms with Gasteiger partial charge in [0.1, 0.15) is 22.6 Å². The van der Waals surface area contributed by atoms with Crippen molar-refractivity contribution in [1.29, 1.82) is 5.26 Å². The van der Waals surface area contributed by atoms with E-state index in [1.54, 1.807) is 29.7 Å². The standard InChI is InChI=1S/C27H28N2O3S/c1-16-12-17(26(30)31-5)6-9-20(16)23-11-8-19(32-23)15-29-25-22(14-28)21-10-7-18(27(2,3)4)13-24(21)33-25/h6,8-9,11-12,15,18H,7,10,13H2,1-5H3/t18-/m0/s1. The van der Waals surface area contributed by atoms with E-state index < -0.39 is 0 Å². The Balaban J connectivity index is 1.57. The topological polar surface area (TPSA) is 75.6 Å². The number of thiophene rings is 1. The predicted molar refractivity (Wildman–Crippen MR) is 131 cm³/mol. The van der Waals surface area contributed by atoms with Crippen LogP contribution in [0.25, 0.3) is 11.3 Å². The summed E-state index contributed by atoms with van der Waals surface area (Å²) in [7, 11) is 1.37. The maximum Gasteiger partial charge on any atom is 0.337 e. The van der Waals surface area contributed by atoms with Gasteiger partial charge in [0, 0.05) is 10.4 Å². The molecule has 0 radical (unpaired) electrons. The molecule has 0 fully saturated rings. The van der Waals surface area contributed by atoms with E-state index >= 15 is 0 Å². The molecule has 33 heavy (non-hydrogen) atoms. The molecule has 0 saturated heterocycles. The highest BCUT2D eigenvalue weighted by Gasteiger charge is 2.32. The lowest BCUT2D eigenvalue weighted by Crippen LogP contribution is -2.26. The number of aryl methyl sites for hydroxylation is 1. The van der Waals surface area contributed by atoms with Crippen LogP contribution < -0.4 is 0 Å². The maximum absolute atomic E-state index is 11.7.